The lowest BCUT2D eigenvalue weighted by Crippen LogP contribution is -2.59. The van der Waals surface area contributed by atoms with Gasteiger partial charge in [0.2, 0.25) is 0 Å². The first-order valence-corrected chi connectivity index (χ1v) is 8.03. The van der Waals surface area contributed by atoms with E-state index < -0.39 is 5.54 Å². The fourth-order valence-corrected chi connectivity index (χ4v) is 3.13. The third-order valence-corrected chi connectivity index (χ3v) is 4.16. The van der Waals surface area contributed by atoms with E-state index in [1.54, 1.807) is 0 Å². The quantitative estimate of drug-likeness (QED) is 0.817. The molecule has 23 heavy (non-hydrogen) atoms. The molecule has 2 rings (SSSR count). The van der Waals surface area contributed by atoms with Crippen LogP contribution in [0.4, 0.5) is 0 Å². The summed E-state index contributed by atoms with van der Waals surface area (Å²) in [6.07, 6.45) is 1.18. The van der Waals surface area contributed by atoms with Crippen LogP contribution in [0.25, 0.3) is 0 Å². The Balaban J connectivity index is 2.22. The van der Waals surface area contributed by atoms with Crippen LogP contribution in [0.3, 0.4) is 0 Å². The number of carbonyl (C=O) groups is 2. The van der Waals surface area contributed by atoms with Crippen molar-refractivity contribution >= 4 is 11.9 Å². The molecule has 1 aromatic carbocycles. The normalized spacial score (nSPS) is 24.3. The van der Waals surface area contributed by atoms with E-state index >= 15 is 0 Å². The van der Waals surface area contributed by atoms with Crippen LogP contribution >= 0.6 is 0 Å². The van der Waals surface area contributed by atoms with E-state index in [0.29, 0.717) is 25.4 Å². The molecular formula is C18H25NO4. The number of hydrogen-bond donors (Lipinski definition) is 1. The van der Waals surface area contributed by atoms with Crippen LogP contribution in [-0.4, -0.2) is 31.2 Å². The second kappa shape index (κ2) is 7.59. The van der Waals surface area contributed by atoms with Crippen molar-refractivity contribution in [3.05, 3.63) is 35.9 Å². The molecule has 0 spiro atoms. The molecule has 0 aliphatic carbocycles. The summed E-state index contributed by atoms with van der Waals surface area (Å²) >= 11 is 0. The lowest BCUT2D eigenvalue weighted by Gasteiger charge is -2.41. The monoisotopic (exact) mass is 319 g/mol. The largest absolute Gasteiger partial charge is 0.469 e. The summed E-state index contributed by atoms with van der Waals surface area (Å²) in [5.74, 6) is -0.297. The van der Waals surface area contributed by atoms with Gasteiger partial charge in [0, 0.05) is 6.42 Å². The summed E-state index contributed by atoms with van der Waals surface area (Å²) in [4.78, 5) is 24.0. The molecule has 0 radical (unpaired) electrons. The van der Waals surface area contributed by atoms with Crippen molar-refractivity contribution in [1.82, 2.24) is 5.32 Å². The Morgan fingerprint density at radius 1 is 1.39 bits per heavy atom. The molecule has 1 aromatic rings. The number of methoxy groups -OCH3 is 1. The first-order valence-electron chi connectivity index (χ1n) is 8.03. The minimum absolute atomic E-state index is 0.0645. The van der Waals surface area contributed by atoms with E-state index in [-0.39, 0.29) is 24.4 Å². The molecular weight excluding hydrogens is 294 g/mol. The van der Waals surface area contributed by atoms with E-state index in [9.17, 15) is 9.59 Å². The molecule has 2 atom stereocenters. The summed E-state index contributed by atoms with van der Waals surface area (Å²) in [6.45, 7) is 4.42. The summed E-state index contributed by atoms with van der Waals surface area (Å²) in [5, 5.41) is 3.46. The number of carbonyl (C=O) groups excluding carboxylic acids is 2. The summed E-state index contributed by atoms with van der Waals surface area (Å²) in [7, 11) is 1.36. The van der Waals surface area contributed by atoms with Crippen LogP contribution in [0.1, 0.15) is 44.7 Å². The molecule has 126 valence electrons. The Kier molecular flexibility index (Phi) is 5.77. The zero-order valence-electron chi connectivity index (χ0n) is 14.0. The maximum atomic E-state index is 12.5. The number of esters is 2. The molecule has 1 fully saturated rings. The maximum absolute atomic E-state index is 12.5. The molecule has 0 unspecified atom stereocenters. The predicted octanol–water partition coefficient (Wildman–Crippen LogP) is 2.61. The second-order valence-corrected chi connectivity index (χ2v) is 6.46. The van der Waals surface area contributed by atoms with Gasteiger partial charge in [-0.05, 0) is 24.3 Å². The molecule has 1 aliphatic rings. The smallest absolute Gasteiger partial charge is 0.326 e. The molecule has 0 bridgehead atoms. The van der Waals surface area contributed by atoms with Crippen molar-refractivity contribution in [2.24, 2.45) is 5.92 Å². The number of benzene rings is 1. The zero-order valence-corrected chi connectivity index (χ0v) is 14.0. The lowest BCUT2D eigenvalue weighted by molar-refractivity contribution is -0.161. The van der Waals surface area contributed by atoms with Gasteiger partial charge >= 0.3 is 11.9 Å². The number of cyclic esters (lactones) is 1. The van der Waals surface area contributed by atoms with Crippen LogP contribution in [0.15, 0.2) is 30.3 Å². The van der Waals surface area contributed by atoms with Crippen LogP contribution < -0.4 is 5.32 Å². The first kappa shape index (κ1) is 17.5. The minimum atomic E-state index is -0.846. The van der Waals surface area contributed by atoms with Gasteiger partial charge < -0.3 is 9.47 Å². The number of rotatable bonds is 6. The zero-order chi connectivity index (χ0) is 16.9. The van der Waals surface area contributed by atoms with E-state index in [1.807, 2.05) is 30.3 Å². The van der Waals surface area contributed by atoms with Crippen LogP contribution in [-0.2, 0) is 19.1 Å². The van der Waals surface area contributed by atoms with Gasteiger partial charge in [0.05, 0.1) is 13.2 Å². The Bertz CT molecular complexity index is 543. The van der Waals surface area contributed by atoms with Crippen LogP contribution in [0.2, 0.25) is 0 Å². The van der Waals surface area contributed by atoms with Gasteiger partial charge in [0.1, 0.15) is 12.1 Å². The highest BCUT2D eigenvalue weighted by molar-refractivity contribution is 5.83. The second-order valence-electron chi connectivity index (χ2n) is 6.46. The first-order chi connectivity index (χ1) is 11.0. The molecule has 5 nitrogen and oxygen atoms in total. The van der Waals surface area contributed by atoms with Gasteiger partial charge in [-0.3, -0.25) is 14.9 Å². The third-order valence-electron chi connectivity index (χ3n) is 4.16. The molecule has 0 amide bonds. The highest BCUT2D eigenvalue weighted by atomic mass is 16.5. The SMILES string of the molecule is COC(=O)CC[C@@]1(CC(C)C)N[C@@H](c2ccccc2)COC1=O. The maximum Gasteiger partial charge on any atom is 0.326 e. The minimum Gasteiger partial charge on any atom is -0.469 e. The number of ether oxygens (including phenoxy) is 2. The molecule has 0 aromatic heterocycles. The summed E-state index contributed by atoms with van der Waals surface area (Å²) in [6, 6.07) is 9.84. The molecule has 5 heteroatoms. The fourth-order valence-electron chi connectivity index (χ4n) is 3.13. The third kappa shape index (κ3) is 4.32. The Labute approximate surface area is 137 Å². The topological polar surface area (TPSA) is 64.6 Å². The Morgan fingerprint density at radius 3 is 2.70 bits per heavy atom. The van der Waals surface area contributed by atoms with Crippen molar-refractivity contribution in [3.8, 4) is 0 Å². The average molecular weight is 319 g/mol. The van der Waals surface area contributed by atoms with Gasteiger partial charge in [0.15, 0.2) is 0 Å². The van der Waals surface area contributed by atoms with Gasteiger partial charge in [-0.15, -0.1) is 0 Å². The van der Waals surface area contributed by atoms with Gasteiger partial charge in [-0.1, -0.05) is 44.2 Å². The van der Waals surface area contributed by atoms with E-state index in [4.69, 9.17) is 9.47 Å². The van der Waals surface area contributed by atoms with E-state index in [2.05, 4.69) is 19.2 Å². The number of hydrogen-bond acceptors (Lipinski definition) is 5. The predicted molar refractivity (Wildman–Crippen MR) is 86.7 cm³/mol. The highest BCUT2D eigenvalue weighted by Crippen LogP contribution is 2.32. The Hall–Kier alpha value is -1.88. The molecule has 1 aliphatic heterocycles. The standard InChI is InChI=1S/C18H25NO4/c1-13(2)11-18(10-9-16(20)22-3)17(21)23-12-15(19-18)14-7-5-4-6-8-14/h4-8,13,15,19H,9-12H2,1-3H3/t15-,18+/m1/s1. The van der Waals surface area contributed by atoms with Crippen molar-refractivity contribution in [1.29, 1.82) is 0 Å². The summed E-state index contributed by atoms with van der Waals surface area (Å²) in [5.41, 5.74) is 0.229. The van der Waals surface area contributed by atoms with E-state index in [0.717, 1.165) is 5.56 Å². The Morgan fingerprint density at radius 2 is 2.09 bits per heavy atom. The molecule has 1 saturated heterocycles. The molecule has 0 saturated carbocycles. The molecule has 1 N–H and O–H groups in total. The molecule has 1 heterocycles. The fraction of sp³-hybridized carbons (Fsp3) is 0.556. The van der Waals surface area contributed by atoms with E-state index in [1.165, 1.54) is 7.11 Å². The van der Waals surface area contributed by atoms with Crippen molar-refractivity contribution in [2.45, 2.75) is 44.7 Å². The average Bonchev–Trinajstić information content (AvgIpc) is 2.55. The van der Waals surface area contributed by atoms with Crippen molar-refractivity contribution in [2.75, 3.05) is 13.7 Å². The number of morpholine rings is 1. The van der Waals surface area contributed by atoms with Gasteiger partial charge in [-0.2, -0.15) is 0 Å². The highest BCUT2D eigenvalue weighted by Gasteiger charge is 2.45. The van der Waals surface area contributed by atoms with Crippen LogP contribution in [0.5, 0.6) is 0 Å². The van der Waals surface area contributed by atoms with Crippen LogP contribution in [0, 0.1) is 5.92 Å². The van der Waals surface area contributed by atoms with Crippen molar-refractivity contribution in [3.63, 3.8) is 0 Å². The summed E-state index contributed by atoms with van der Waals surface area (Å²) < 4.78 is 10.2. The lowest BCUT2D eigenvalue weighted by atomic mass is 9.82. The number of nitrogens with one attached hydrogen (secondary N) is 1. The van der Waals surface area contributed by atoms with Gasteiger partial charge in [0.25, 0.3) is 0 Å². The van der Waals surface area contributed by atoms with Gasteiger partial charge in [-0.25, -0.2) is 0 Å². The van der Waals surface area contributed by atoms with Crippen molar-refractivity contribution < 1.29 is 19.1 Å².